The molecule has 0 spiro atoms. The average Bonchev–Trinajstić information content (AvgIpc) is 3.14. The number of thiocarbonyl (C=S) groups is 1. The summed E-state index contributed by atoms with van der Waals surface area (Å²) in [6.45, 7) is 2.18. The second-order valence-electron chi connectivity index (χ2n) is 5.05. The van der Waals surface area contributed by atoms with E-state index in [1.54, 1.807) is 17.5 Å². The highest BCUT2D eigenvalue weighted by molar-refractivity contribution is 7.80. The minimum absolute atomic E-state index is 0.272. The van der Waals surface area contributed by atoms with Gasteiger partial charge >= 0.3 is 5.97 Å². The Morgan fingerprint density at radius 2 is 2.22 bits per heavy atom. The molecule has 1 aliphatic rings. The molecule has 2 aromatic heterocycles. The normalized spacial score (nSPS) is 13.3. The van der Waals surface area contributed by atoms with E-state index >= 15 is 0 Å². The first-order chi connectivity index (χ1) is 11.2. The molecule has 3 rings (SSSR count). The molecule has 0 aromatic carbocycles. The predicted molar refractivity (Wildman–Crippen MR) is 98.9 cm³/mol. The molecule has 122 valence electrons. The Kier molecular flexibility index (Phi) is 5.24. The number of anilines is 2. The molecule has 0 saturated carbocycles. The molecule has 0 saturated heterocycles. The highest BCUT2D eigenvalue weighted by atomic mass is 32.1. The number of rotatable bonds is 4. The summed E-state index contributed by atoms with van der Waals surface area (Å²) < 4.78 is 5.23. The molecular formula is C15H17N3O2S3. The second kappa shape index (κ2) is 7.37. The summed E-state index contributed by atoms with van der Waals surface area (Å²) in [5.74, 6) is -0.272. The Morgan fingerprint density at radius 3 is 2.96 bits per heavy atom. The first-order valence-corrected chi connectivity index (χ1v) is 9.58. The Balaban J connectivity index is 1.84. The molecule has 2 aromatic rings. The van der Waals surface area contributed by atoms with Gasteiger partial charge in [0, 0.05) is 16.5 Å². The lowest BCUT2D eigenvalue weighted by atomic mass is 9.95. The lowest BCUT2D eigenvalue weighted by molar-refractivity contribution is 0.0526. The van der Waals surface area contributed by atoms with Crippen LogP contribution in [-0.2, 0) is 17.6 Å². The van der Waals surface area contributed by atoms with Gasteiger partial charge in [-0.15, -0.1) is 22.7 Å². The average molecular weight is 368 g/mol. The van der Waals surface area contributed by atoms with E-state index in [1.807, 2.05) is 12.3 Å². The van der Waals surface area contributed by atoms with Crippen molar-refractivity contribution >= 4 is 56.1 Å². The van der Waals surface area contributed by atoms with Crippen molar-refractivity contribution in [1.82, 2.24) is 4.98 Å². The predicted octanol–water partition coefficient (Wildman–Crippen LogP) is 4.07. The van der Waals surface area contributed by atoms with Crippen LogP contribution in [0.25, 0.3) is 0 Å². The van der Waals surface area contributed by atoms with Gasteiger partial charge in [-0.25, -0.2) is 9.78 Å². The van der Waals surface area contributed by atoms with Gasteiger partial charge in [0.25, 0.3) is 0 Å². The van der Waals surface area contributed by atoms with Crippen LogP contribution in [0.3, 0.4) is 0 Å². The van der Waals surface area contributed by atoms with Crippen LogP contribution in [0.2, 0.25) is 0 Å². The molecule has 0 unspecified atom stereocenters. The van der Waals surface area contributed by atoms with Gasteiger partial charge in [-0.3, -0.25) is 0 Å². The van der Waals surface area contributed by atoms with Crippen molar-refractivity contribution in [3.63, 3.8) is 0 Å². The molecule has 0 bridgehead atoms. The summed E-state index contributed by atoms with van der Waals surface area (Å²) in [6.07, 6.45) is 5.92. The highest BCUT2D eigenvalue weighted by Crippen LogP contribution is 2.38. The minimum Gasteiger partial charge on any atom is -0.462 e. The highest BCUT2D eigenvalue weighted by Gasteiger charge is 2.26. The van der Waals surface area contributed by atoms with E-state index in [1.165, 1.54) is 16.2 Å². The third-order valence-corrected chi connectivity index (χ3v) is 5.63. The van der Waals surface area contributed by atoms with Crippen LogP contribution in [0.5, 0.6) is 0 Å². The van der Waals surface area contributed by atoms with Crippen LogP contribution in [0.15, 0.2) is 11.6 Å². The number of carbonyl (C=O) groups is 1. The van der Waals surface area contributed by atoms with Crippen molar-refractivity contribution < 1.29 is 9.53 Å². The molecular weight excluding hydrogens is 350 g/mol. The molecule has 5 nitrogen and oxygen atoms in total. The fourth-order valence-corrected chi connectivity index (χ4v) is 4.73. The van der Waals surface area contributed by atoms with Gasteiger partial charge in [0.1, 0.15) is 5.00 Å². The standard InChI is InChI=1S/C15H17N3O2S3/c1-2-20-13(19)11-9-5-3-4-6-10(9)23-12(11)17-14(21)18-15-16-7-8-22-15/h7-8H,2-6H2,1H3,(H2,16,17,18,21). The van der Waals surface area contributed by atoms with Crippen molar-refractivity contribution in [1.29, 1.82) is 0 Å². The minimum atomic E-state index is -0.272. The quantitative estimate of drug-likeness (QED) is 0.627. The van der Waals surface area contributed by atoms with Gasteiger partial charge in [0.2, 0.25) is 0 Å². The summed E-state index contributed by atoms with van der Waals surface area (Å²) in [6, 6.07) is 0. The SMILES string of the molecule is CCOC(=O)c1c(NC(=S)Nc2nccs2)sc2c1CCCC2. The summed E-state index contributed by atoms with van der Waals surface area (Å²) in [4.78, 5) is 17.8. The fourth-order valence-electron chi connectivity index (χ4n) is 2.59. The molecule has 2 N–H and O–H groups in total. The molecule has 8 heteroatoms. The number of aromatic nitrogens is 1. The van der Waals surface area contributed by atoms with Crippen molar-refractivity contribution in [2.75, 3.05) is 17.2 Å². The third-order valence-electron chi connectivity index (χ3n) is 3.53. The van der Waals surface area contributed by atoms with Gasteiger partial charge in [-0.05, 0) is 50.4 Å². The monoisotopic (exact) mass is 367 g/mol. The number of esters is 1. The first kappa shape index (κ1) is 16.4. The van der Waals surface area contributed by atoms with Crippen LogP contribution < -0.4 is 10.6 Å². The van der Waals surface area contributed by atoms with Gasteiger partial charge in [-0.1, -0.05) is 0 Å². The zero-order chi connectivity index (χ0) is 16.2. The van der Waals surface area contributed by atoms with E-state index in [9.17, 15) is 4.79 Å². The molecule has 0 aliphatic heterocycles. The van der Waals surface area contributed by atoms with Gasteiger partial charge in [-0.2, -0.15) is 0 Å². The van der Waals surface area contributed by atoms with Crippen LogP contribution >= 0.6 is 34.9 Å². The van der Waals surface area contributed by atoms with Crippen molar-refractivity contribution in [3.8, 4) is 0 Å². The maximum absolute atomic E-state index is 12.4. The molecule has 2 heterocycles. The number of thiophene rings is 1. The first-order valence-electron chi connectivity index (χ1n) is 7.48. The van der Waals surface area contributed by atoms with Gasteiger partial charge < -0.3 is 15.4 Å². The number of nitrogens with one attached hydrogen (secondary N) is 2. The zero-order valence-corrected chi connectivity index (χ0v) is 15.1. The molecule has 0 atom stereocenters. The Bertz CT molecular complexity index is 710. The van der Waals surface area contributed by atoms with E-state index < -0.39 is 0 Å². The van der Waals surface area contributed by atoms with Crippen LogP contribution in [-0.4, -0.2) is 22.7 Å². The molecule has 0 amide bonds. The Hall–Kier alpha value is -1.51. The number of carbonyl (C=O) groups excluding carboxylic acids is 1. The number of ether oxygens (including phenoxy) is 1. The summed E-state index contributed by atoms with van der Waals surface area (Å²) in [5, 5.41) is 9.98. The molecule has 0 radical (unpaired) electrons. The third kappa shape index (κ3) is 3.70. The van der Waals surface area contributed by atoms with Crippen LogP contribution in [0.4, 0.5) is 10.1 Å². The Morgan fingerprint density at radius 1 is 1.39 bits per heavy atom. The number of nitrogens with zero attached hydrogens (tertiary/aromatic N) is 1. The van der Waals surface area contributed by atoms with Crippen LogP contribution in [0, 0.1) is 0 Å². The van der Waals surface area contributed by atoms with Crippen molar-refractivity contribution in [2.24, 2.45) is 0 Å². The summed E-state index contributed by atoms with van der Waals surface area (Å²) in [7, 11) is 0. The molecule has 1 aliphatic carbocycles. The lowest BCUT2D eigenvalue weighted by Gasteiger charge is -2.12. The van der Waals surface area contributed by atoms with E-state index in [-0.39, 0.29) is 5.97 Å². The largest absolute Gasteiger partial charge is 0.462 e. The summed E-state index contributed by atoms with van der Waals surface area (Å²) in [5.41, 5.74) is 1.77. The van der Waals surface area contributed by atoms with Gasteiger partial charge in [0.15, 0.2) is 10.2 Å². The number of hydrogen-bond donors (Lipinski definition) is 2. The number of fused-ring (bicyclic) bond motifs is 1. The van der Waals surface area contributed by atoms with E-state index in [0.717, 1.165) is 41.4 Å². The number of aryl methyl sites for hydroxylation is 1. The lowest BCUT2D eigenvalue weighted by Crippen LogP contribution is -2.20. The smallest absolute Gasteiger partial charge is 0.341 e. The van der Waals surface area contributed by atoms with E-state index in [0.29, 0.717) is 17.3 Å². The zero-order valence-electron chi connectivity index (χ0n) is 12.7. The van der Waals surface area contributed by atoms with Gasteiger partial charge in [0.05, 0.1) is 12.2 Å². The molecule has 23 heavy (non-hydrogen) atoms. The van der Waals surface area contributed by atoms with E-state index in [4.69, 9.17) is 17.0 Å². The Labute approximate surface area is 148 Å². The van der Waals surface area contributed by atoms with Crippen molar-refractivity contribution in [2.45, 2.75) is 32.6 Å². The molecule has 0 fully saturated rings. The van der Waals surface area contributed by atoms with Crippen molar-refractivity contribution in [3.05, 3.63) is 27.6 Å². The topological polar surface area (TPSA) is 63.2 Å². The maximum atomic E-state index is 12.4. The maximum Gasteiger partial charge on any atom is 0.341 e. The number of hydrogen-bond acceptors (Lipinski definition) is 6. The summed E-state index contributed by atoms with van der Waals surface area (Å²) >= 11 is 8.40. The second-order valence-corrected chi connectivity index (χ2v) is 7.46. The number of thiazole rings is 1. The van der Waals surface area contributed by atoms with Crippen LogP contribution in [0.1, 0.15) is 40.6 Å². The fraction of sp³-hybridized carbons (Fsp3) is 0.400. The van der Waals surface area contributed by atoms with E-state index in [2.05, 4.69) is 15.6 Å².